The minimum atomic E-state index is -3.68. The van der Waals surface area contributed by atoms with Gasteiger partial charge < -0.3 is 14.4 Å². The fourth-order valence-electron chi connectivity index (χ4n) is 2.39. The third-order valence-corrected chi connectivity index (χ3v) is 6.79. The van der Waals surface area contributed by atoms with Gasteiger partial charge in [-0.15, -0.1) is 10.2 Å². The van der Waals surface area contributed by atoms with Gasteiger partial charge in [0, 0.05) is 33.1 Å². The third-order valence-electron chi connectivity index (χ3n) is 3.79. The van der Waals surface area contributed by atoms with Crippen LogP contribution in [0.1, 0.15) is 20.8 Å². The number of anilines is 1. The molecule has 0 bridgehead atoms. The first kappa shape index (κ1) is 21.0. The Balaban J connectivity index is 1.98. The molecule has 2 amide bonds. The number of sulfonamides is 1. The molecule has 10 nitrogen and oxygen atoms in total. The molecule has 0 aliphatic carbocycles. The van der Waals surface area contributed by atoms with Crippen molar-refractivity contribution < 1.29 is 22.7 Å². The maximum atomic E-state index is 12.4. The molecule has 1 aliphatic rings. The summed E-state index contributed by atoms with van der Waals surface area (Å²) in [4.78, 5) is 13.8. The average Bonchev–Trinajstić information content (AvgIpc) is 3.16. The van der Waals surface area contributed by atoms with Gasteiger partial charge in [-0.2, -0.15) is 0 Å². The van der Waals surface area contributed by atoms with E-state index in [2.05, 4.69) is 15.5 Å². The van der Waals surface area contributed by atoms with E-state index < -0.39 is 27.8 Å². The van der Waals surface area contributed by atoms with Crippen LogP contribution < -0.4 is 5.32 Å². The molecule has 0 aromatic carbocycles. The van der Waals surface area contributed by atoms with E-state index >= 15 is 0 Å². The van der Waals surface area contributed by atoms with Crippen molar-refractivity contribution >= 4 is 32.5 Å². The molecule has 0 spiro atoms. The molecule has 1 aromatic heterocycles. The zero-order valence-corrected chi connectivity index (χ0v) is 17.3. The van der Waals surface area contributed by atoms with Gasteiger partial charge in [-0.3, -0.25) is 5.32 Å². The highest BCUT2D eigenvalue weighted by Gasteiger charge is 2.38. The van der Waals surface area contributed by atoms with Crippen molar-refractivity contribution in [1.82, 2.24) is 19.4 Å². The number of nitrogens with one attached hydrogen (secondary N) is 1. The number of amides is 2. The third kappa shape index (κ3) is 4.68. The maximum Gasteiger partial charge on any atom is 0.323 e. The predicted octanol–water partition coefficient (Wildman–Crippen LogP) is 1.04. The Labute approximate surface area is 157 Å². The molecule has 2 heterocycles. The molecule has 2 rings (SSSR count). The molecular formula is C14H25N5O5S2. The number of carbonyl (C=O) groups is 1. The minimum Gasteiger partial charge on any atom is -0.349 e. The minimum absolute atomic E-state index is 0.0249. The second-order valence-electron chi connectivity index (χ2n) is 7.05. The van der Waals surface area contributed by atoms with Crippen molar-refractivity contribution in [3.63, 3.8) is 0 Å². The van der Waals surface area contributed by atoms with Gasteiger partial charge >= 0.3 is 6.03 Å². The quantitative estimate of drug-likeness (QED) is 0.701. The lowest BCUT2D eigenvalue weighted by atomic mass is 9.92. The zero-order chi connectivity index (χ0) is 19.7. The smallest absolute Gasteiger partial charge is 0.323 e. The van der Waals surface area contributed by atoms with E-state index in [-0.39, 0.29) is 15.6 Å². The van der Waals surface area contributed by atoms with Crippen LogP contribution in [-0.4, -0.2) is 80.5 Å². The second kappa shape index (κ2) is 7.72. The fraction of sp³-hybridized carbons (Fsp3) is 0.786. The Kier molecular flexibility index (Phi) is 6.23. The lowest BCUT2D eigenvalue weighted by Gasteiger charge is -2.33. The van der Waals surface area contributed by atoms with Crippen LogP contribution in [0.15, 0.2) is 4.34 Å². The van der Waals surface area contributed by atoms with Crippen molar-refractivity contribution in [3.8, 4) is 0 Å². The van der Waals surface area contributed by atoms with Gasteiger partial charge in [0.2, 0.25) is 9.47 Å². The van der Waals surface area contributed by atoms with E-state index in [1.54, 1.807) is 7.05 Å². The first-order valence-corrected chi connectivity index (χ1v) is 10.2. The largest absolute Gasteiger partial charge is 0.349 e. The van der Waals surface area contributed by atoms with Gasteiger partial charge in [0.25, 0.3) is 10.0 Å². The summed E-state index contributed by atoms with van der Waals surface area (Å²) < 4.78 is 36.2. The predicted molar refractivity (Wildman–Crippen MR) is 96.5 cm³/mol. The molecule has 1 fully saturated rings. The summed E-state index contributed by atoms with van der Waals surface area (Å²) in [5, 5.41) is 10.0. The molecular weight excluding hydrogens is 382 g/mol. The van der Waals surface area contributed by atoms with Crippen molar-refractivity contribution in [2.24, 2.45) is 5.41 Å². The highest BCUT2D eigenvalue weighted by molar-refractivity contribution is 7.91. The van der Waals surface area contributed by atoms with Crippen LogP contribution in [0.2, 0.25) is 0 Å². The molecule has 1 saturated heterocycles. The van der Waals surface area contributed by atoms with Crippen LogP contribution >= 0.6 is 11.3 Å². The molecule has 26 heavy (non-hydrogen) atoms. The summed E-state index contributed by atoms with van der Waals surface area (Å²) >= 11 is 0.798. The Morgan fingerprint density at radius 1 is 1.35 bits per heavy atom. The average molecular weight is 408 g/mol. The molecule has 1 aliphatic heterocycles. The lowest BCUT2D eigenvalue weighted by Crippen LogP contribution is -2.44. The van der Waals surface area contributed by atoms with E-state index in [4.69, 9.17) is 9.47 Å². The highest BCUT2D eigenvalue weighted by atomic mass is 32.2. The Morgan fingerprint density at radius 2 is 2.00 bits per heavy atom. The molecule has 148 valence electrons. The number of rotatable bonds is 6. The number of aromatic nitrogens is 2. The van der Waals surface area contributed by atoms with Crippen LogP contribution in [0.4, 0.5) is 9.93 Å². The SMILES string of the molecule is CC1COC(C(C)(C)CN(C)C(=O)Nc2nnc(S(=O)(=O)N(C)C)s2)O1. The molecule has 1 aromatic rings. The normalized spacial score (nSPS) is 21.2. The summed E-state index contributed by atoms with van der Waals surface area (Å²) in [6.45, 7) is 6.73. The summed E-state index contributed by atoms with van der Waals surface area (Å²) in [5.41, 5.74) is -0.419. The topological polar surface area (TPSA) is 114 Å². The van der Waals surface area contributed by atoms with Gasteiger partial charge in [-0.05, 0) is 6.92 Å². The number of nitrogens with zero attached hydrogens (tertiary/aromatic N) is 4. The summed E-state index contributed by atoms with van der Waals surface area (Å²) in [6.07, 6.45) is -0.372. The number of ether oxygens (including phenoxy) is 2. The molecule has 1 N–H and O–H groups in total. The van der Waals surface area contributed by atoms with Crippen molar-refractivity contribution in [2.45, 2.75) is 37.5 Å². The number of urea groups is 1. The van der Waals surface area contributed by atoms with Gasteiger partial charge in [-0.1, -0.05) is 25.2 Å². The molecule has 0 saturated carbocycles. The van der Waals surface area contributed by atoms with Crippen LogP contribution in [0, 0.1) is 5.41 Å². The molecule has 2 unspecified atom stereocenters. The van der Waals surface area contributed by atoms with Gasteiger partial charge in [-0.25, -0.2) is 17.5 Å². The van der Waals surface area contributed by atoms with Crippen LogP contribution in [0.25, 0.3) is 0 Å². The van der Waals surface area contributed by atoms with E-state index in [0.717, 1.165) is 15.6 Å². The molecule has 0 radical (unpaired) electrons. The van der Waals surface area contributed by atoms with Crippen molar-refractivity contribution in [2.75, 3.05) is 39.6 Å². The summed E-state index contributed by atoms with van der Waals surface area (Å²) in [5.74, 6) is 0. The monoisotopic (exact) mass is 407 g/mol. The summed E-state index contributed by atoms with van der Waals surface area (Å²) in [7, 11) is 0.759. The fourth-order valence-corrected chi connectivity index (χ4v) is 4.42. The number of hydrogen-bond donors (Lipinski definition) is 1. The Morgan fingerprint density at radius 3 is 2.54 bits per heavy atom. The summed E-state index contributed by atoms with van der Waals surface area (Å²) in [6, 6.07) is -0.422. The van der Waals surface area contributed by atoms with E-state index in [9.17, 15) is 13.2 Å². The standard InChI is InChI=1S/C14H25N5O5S2/c1-9-7-23-10(24-9)14(2,3)8-19(6)12(20)15-11-16-17-13(25-11)26(21,22)18(4)5/h9-10H,7-8H2,1-6H3,(H,15,16,20). The molecule has 2 atom stereocenters. The van der Waals surface area contributed by atoms with E-state index in [0.29, 0.717) is 13.2 Å². The van der Waals surface area contributed by atoms with Crippen LogP contribution in [0.3, 0.4) is 0 Å². The van der Waals surface area contributed by atoms with E-state index in [1.807, 2.05) is 20.8 Å². The maximum absolute atomic E-state index is 12.4. The van der Waals surface area contributed by atoms with Gasteiger partial charge in [0.05, 0.1) is 12.7 Å². The Hall–Kier alpha value is -1.34. The second-order valence-corrected chi connectivity index (χ2v) is 10.4. The zero-order valence-electron chi connectivity index (χ0n) is 15.7. The first-order chi connectivity index (χ1) is 11.9. The lowest BCUT2D eigenvalue weighted by molar-refractivity contribution is -0.132. The number of carbonyl (C=O) groups excluding carboxylic acids is 1. The molecule has 12 heteroatoms. The van der Waals surface area contributed by atoms with Crippen molar-refractivity contribution in [3.05, 3.63) is 0 Å². The Bertz CT molecular complexity index is 749. The van der Waals surface area contributed by atoms with Crippen molar-refractivity contribution in [1.29, 1.82) is 0 Å². The van der Waals surface area contributed by atoms with Crippen LogP contribution in [0.5, 0.6) is 0 Å². The number of hydrogen-bond acceptors (Lipinski definition) is 8. The first-order valence-electron chi connectivity index (χ1n) is 7.98. The van der Waals surface area contributed by atoms with E-state index in [1.165, 1.54) is 19.0 Å². The van der Waals surface area contributed by atoms with Crippen LogP contribution in [-0.2, 0) is 19.5 Å². The van der Waals surface area contributed by atoms with Gasteiger partial charge in [0.1, 0.15) is 0 Å². The van der Waals surface area contributed by atoms with Gasteiger partial charge in [0.15, 0.2) is 6.29 Å². The highest BCUT2D eigenvalue weighted by Crippen LogP contribution is 2.30.